The van der Waals surface area contributed by atoms with Crippen LogP contribution in [0.25, 0.3) is 0 Å². The summed E-state index contributed by atoms with van der Waals surface area (Å²) >= 11 is 0. The first-order valence-electron chi connectivity index (χ1n) is 4.23. The number of alkyl halides is 3. The maximum atomic E-state index is 12.6. The first-order valence-corrected chi connectivity index (χ1v) is 4.23. The van der Waals surface area contributed by atoms with Gasteiger partial charge >= 0.3 is 6.18 Å². The van der Waals surface area contributed by atoms with Crippen LogP contribution in [-0.4, -0.2) is 12.2 Å². The molecule has 1 aromatic carbocycles. The zero-order valence-electron chi connectivity index (χ0n) is 8.30. The quantitative estimate of drug-likeness (QED) is 0.847. The molecule has 0 fully saturated rings. The van der Waals surface area contributed by atoms with E-state index < -0.39 is 18.3 Å². The molecule has 0 aromatic heterocycles. The lowest BCUT2D eigenvalue weighted by Gasteiger charge is -2.15. The first kappa shape index (κ1) is 12.3. The van der Waals surface area contributed by atoms with Crippen molar-refractivity contribution in [1.82, 2.24) is 0 Å². The number of ether oxygens (including phenoxy) is 1. The molecule has 6 heteroatoms. The van der Waals surface area contributed by atoms with E-state index >= 15 is 0 Å². The molecule has 0 saturated carbocycles. The van der Waals surface area contributed by atoms with E-state index in [1.54, 1.807) is 6.07 Å². The van der Waals surface area contributed by atoms with Gasteiger partial charge in [-0.2, -0.15) is 18.4 Å². The van der Waals surface area contributed by atoms with Crippen molar-refractivity contribution < 1.29 is 23.0 Å². The fraction of sp³-hybridized carbons (Fsp3) is 0.300. The van der Waals surface area contributed by atoms with E-state index in [-0.39, 0.29) is 16.9 Å². The van der Waals surface area contributed by atoms with E-state index in [2.05, 4.69) is 0 Å². The Labute approximate surface area is 89.7 Å². The molecule has 1 rings (SSSR count). The predicted octanol–water partition coefficient (Wildman–Crippen LogP) is 2.08. The molecule has 1 N–H and O–H groups in total. The minimum atomic E-state index is -4.63. The van der Waals surface area contributed by atoms with Crippen LogP contribution in [-0.2, 0) is 12.8 Å². The molecule has 0 spiro atoms. The molecular formula is C10H8F3NO2. The van der Waals surface area contributed by atoms with Crippen molar-refractivity contribution in [3.8, 4) is 11.8 Å². The number of nitrogens with zero attached hydrogens (tertiary/aromatic N) is 1. The Kier molecular flexibility index (Phi) is 3.40. The smallest absolute Gasteiger partial charge is 0.416 e. The highest BCUT2D eigenvalue weighted by molar-refractivity contribution is 5.48. The molecule has 3 nitrogen and oxygen atoms in total. The Balaban J connectivity index is 3.51. The van der Waals surface area contributed by atoms with Gasteiger partial charge < -0.3 is 9.84 Å². The van der Waals surface area contributed by atoms with Gasteiger partial charge in [-0.3, -0.25) is 0 Å². The van der Waals surface area contributed by atoms with Crippen molar-refractivity contribution >= 4 is 0 Å². The van der Waals surface area contributed by atoms with Crippen molar-refractivity contribution in [3.05, 3.63) is 28.8 Å². The minimum Gasteiger partial charge on any atom is -0.496 e. The summed E-state index contributed by atoms with van der Waals surface area (Å²) in [5.74, 6) is -0.145. The van der Waals surface area contributed by atoms with E-state index in [4.69, 9.17) is 15.1 Å². The number of methoxy groups -OCH3 is 1. The lowest BCUT2D eigenvalue weighted by Crippen LogP contribution is -2.11. The maximum absolute atomic E-state index is 12.6. The highest BCUT2D eigenvalue weighted by atomic mass is 19.4. The fourth-order valence-corrected chi connectivity index (χ4v) is 1.31. The van der Waals surface area contributed by atoms with Gasteiger partial charge in [-0.25, -0.2) is 0 Å². The van der Waals surface area contributed by atoms with Gasteiger partial charge in [0, 0.05) is 5.56 Å². The second-order valence-corrected chi connectivity index (χ2v) is 2.97. The fourth-order valence-electron chi connectivity index (χ4n) is 1.31. The summed E-state index contributed by atoms with van der Waals surface area (Å²) in [5, 5.41) is 17.5. The average Bonchev–Trinajstić information content (AvgIpc) is 2.25. The topological polar surface area (TPSA) is 53.2 Å². The number of benzene rings is 1. The van der Waals surface area contributed by atoms with Gasteiger partial charge in [-0.1, -0.05) is 0 Å². The number of hydrogen-bond donors (Lipinski definition) is 1. The first-order chi connectivity index (χ1) is 7.43. The van der Waals surface area contributed by atoms with Gasteiger partial charge in [0.05, 0.1) is 30.9 Å². The van der Waals surface area contributed by atoms with Crippen LogP contribution < -0.4 is 4.74 Å². The highest BCUT2D eigenvalue weighted by Crippen LogP contribution is 2.37. The third kappa shape index (κ3) is 2.25. The number of halogens is 3. The molecule has 0 aliphatic rings. The van der Waals surface area contributed by atoms with Gasteiger partial charge in [-0.05, 0) is 12.1 Å². The Morgan fingerprint density at radius 3 is 2.44 bits per heavy atom. The van der Waals surface area contributed by atoms with Crippen LogP contribution in [0.4, 0.5) is 13.2 Å². The molecule has 0 saturated heterocycles. The number of hydrogen-bond acceptors (Lipinski definition) is 3. The van der Waals surface area contributed by atoms with Crippen LogP contribution in [0.1, 0.15) is 16.7 Å². The summed E-state index contributed by atoms with van der Waals surface area (Å²) in [4.78, 5) is 0. The molecule has 0 heterocycles. The summed E-state index contributed by atoms with van der Waals surface area (Å²) in [5.41, 5.74) is -1.58. The molecule has 86 valence electrons. The normalized spacial score (nSPS) is 11.0. The van der Waals surface area contributed by atoms with Crippen molar-refractivity contribution in [2.75, 3.05) is 7.11 Å². The van der Waals surface area contributed by atoms with Crippen LogP contribution in [0.15, 0.2) is 12.1 Å². The molecule has 0 radical (unpaired) electrons. The molecule has 0 atom stereocenters. The molecule has 16 heavy (non-hydrogen) atoms. The summed E-state index contributed by atoms with van der Waals surface area (Å²) in [6, 6.07) is 3.45. The van der Waals surface area contributed by atoms with E-state index in [9.17, 15) is 13.2 Å². The van der Waals surface area contributed by atoms with Gasteiger partial charge in [0.15, 0.2) is 0 Å². The van der Waals surface area contributed by atoms with Crippen molar-refractivity contribution in [1.29, 1.82) is 5.26 Å². The Morgan fingerprint density at radius 1 is 1.44 bits per heavy atom. The molecule has 0 aliphatic heterocycles. The second kappa shape index (κ2) is 4.41. The standard InChI is InChI=1S/C10H8F3NO2/c1-16-9-3-6(4-14)2-8(7(9)5-15)10(11,12)13/h2-3,15H,5H2,1H3. The molecule has 0 unspecified atom stereocenters. The Morgan fingerprint density at radius 2 is 2.06 bits per heavy atom. The van der Waals surface area contributed by atoms with E-state index in [0.717, 1.165) is 6.07 Å². The van der Waals surface area contributed by atoms with Crippen LogP contribution in [0, 0.1) is 11.3 Å². The molecule has 0 aliphatic carbocycles. The van der Waals surface area contributed by atoms with Crippen molar-refractivity contribution in [2.45, 2.75) is 12.8 Å². The Bertz CT molecular complexity index is 435. The van der Waals surface area contributed by atoms with Gasteiger partial charge in [0.25, 0.3) is 0 Å². The zero-order chi connectivity index (χ0) is 12.3. The summed E-state index contributed by atoms with van der Waals surface area (Å²) < 4.78 is 42.5. The number of nitriles is 1. The minimum absolute atomic E-state index is 0.145. The number of aliphatic hydroxyl groups is 1. The van der Waals surface area contributed by atoms with Crippen molar-refractivity contribution in [3.63, 3.8) is 0 Å². The SMILES string of the molecule is COc1cc(C#N)cc(C(F)(F)F)c1CO. The van der Waals surface area contributed by atoms with Crippen LogP contribution >= 0.6 is 0 Å². The number of rotatable bonds is 2. The second-order valence-electron chi connectivity index (χ2n) is 2.97. The third-order valence-electron chi connectivity index (χ3n) is 2.02. The van der Waals surface area contributed by atoms with Crippen LogP contribution in [0.5, 0.6) is 5.75 Å². The maximum Gasteiger partial charge on any atom is 0.416 e. The number of aliphatic hydroxyl groups excluding tert-OH is 1. The van der Waals surface area contributed by atoms with E-state index in [1.807, 2.05) is 0 Å². The summed E-state index contributed by atoms with van der Waals surface area (Å²) in [6.07, 6.45) is -4.63. The summed E-state index contributed by atoms with van der Waals surface area (Å²) in [6.45, 7) is -0.802. The third-order valence-corrected chi connectivity index (χ3v) is 2.02. The molecule has 0 amide bonds. The lowest BCUT2D eigenvalue weighted by molar-refractivity contribution is -0.138. The van der Waals surface area contributed by atoms with Gasteiger partial charge in [0.2, 0.25) is 0 Å². The lowest BCUT2D eigenvalue weighted by atomic mass is 10.0. The van der Waals surface area contributed by atoms with E-state index in [0.29, 0.717) is 6.07 Å². The molecule has 0 bridgehead atoms. The van der Waals surface area contributed by atoms with E-state index in [1.165, 1.54) is 7.11 Å². The predicted molar refractivity (Wildman–Crippen MR) is 48.6 cm³/mol. The van der Waals surface area contributed by atoms with Crippen LogP contribution in [0.3, 0.4) is 0 Å². The zero-order valence-corrected chi connectivity index (χ0v) is 8.30. The monoisotopic (exact) mass is 231 g/mol. The van der Waals surface area contributed by atoms with Crippen LogP contribution in [0.2, 0.25) is 0 Å². The van der Waals surface area contributed by atoms with Gasteiger partial charge in [-0.15, -0.1) is 0 Å². The van der Waals surface area contributed by atoms with Gasteiger partial charge in [0.1, 0.15) is 5.75 Å². The largest absolute Gasteiger partial charge is 0.496 e. The average molecular weight is 231 g/mol. The Hall–Kier alpha value is -1.74. The molecular weight excluding hydrogens is 223 g/mol. The molecule has 1 aromatic rings. The summed E-state index contributed by atoms with van der Waals surface area (Å²) in [7, 11) is 1.18. The highest BCUT2D eigenvalue weighted by Gasteiger charge is 2.35. The van der Waals surface area contributed by atoms with Crippen molar-refractivity contribution in [2.24, 2.45) is 0 Å².